The lowest BCUT2D eigenvalue weighted by Gasteiger charge is -2.27. The van der Waals surface area contributed by atoms with Gasteiger partial charge in [0, 0.05) is 47.2 Å². The second kappa shape index (κ2) is 15.7. The summed E-state index contributed by atoms with van der Waals surface area (Å²) in [5.41, 5.74) is 5.56. The average Bonchev–Trinajstić information content (AvgIpc) is 3.77. The highest BCUT2D eigenvalue weighted by Gasteiger charge is 2.45. The third kappa shape index (κ3) is 7.64. The number of ether oxygens (including phenoxy) is 2. The van der Waals surface area contributed by atoms with Crippen LogP contribution in [0.1, 0.15) is 62.4 Å². The number of aromatic nitrogens is 1. The molecule has 0 radical (unpaired) electrons. The van der Waals surface area contributed by atoms with E-state index in [1.165, 1.54) is 11.3 Å². The minimum absolute atomic E-state index is 0.0525. The molecule has 4 aliphatic rings. The Labute approximate surface area is 326 Å². The Kier molecular flexibility index (Phi) is 10.4. The molecule has 1 atom stereocenters. The Morgan fingerprint density at radius 2 is 1.79 bits per heavy atom. The van der Waals surface area contributed by atoms with Crippen molar-refractivity contribution in [2.24, 2.45) is 5.92 Å². The van der Waals surface area contributed by atoms with Crippen molar-refractivity contribution in [1.82, 2.24) is 15.2 Å². The standard InChI is InChI=1S/C41H40N6O8S/c1-23-36(27-10-11-31-26(22-27)14-16-46(31)38(51)25-8-9-25)45-41(56-23)44-34(49)21-24-4-2-5-28(20-24)55-19-18-54-17-15-42-30-7-3-6-29-35(30)40(53)47(39(29)52)32-12-13-33(48)43-37(32)50/h2-7,10-11,20,22,25,32,42H,8-9,12-19,21H2,1H3,(H,43,48,50)(H,44,45,49). The zero-order valence-electron chi connectivity index (χ0n) is 30.7. The molecule has 8 rings (SSSR count). The van der Waals surface area contributed by atoms with Crippen LogP contribution in [0.2, 0.25) is 0 Å². The molecule has 1 saturated carbocycles. The number of rotatable bonds is 14. The first-order valence-electron chi connectivity index (χ1n) is 18.7. The highest BCUT2D eigenvalue weighted by molar-refractivity contribution is 7.16. The van der Waals surface area contributed by atoms with Crippen molar-refractivity contribution in [2.45, 2.75) is 51.5 Å². The van der Waals surface area contributed by atoms with Crippen molar-refractivity contribution >= 4 is 63.3 Å². The number of hydrogen-bond donors (Lipinski definition) is 3. The van der Waals surface area contributed by atoms with Crippen LogP contribution in [0.15, 0.2) is 60.7 Å². The molecule has 0 spiro atoms. The van der Waals surface area contributed by atoms with Gasteiger partial charge in [-0.05, 0) is 80.1 Å². The van der Waals surface area contributed by atoms with Gasteiger partial charge in [-0.1, -0.05) is 24.3 Å². The molecular formula is C41H40N6O8S. The summed E-state index contributed by atoms with van der Waals surface area (Å²) in [6, 6.07) is 17.3. The minimum Gasteiger partial charge on any atom is -0.491 e. The van der Waals surface area contributed by atoms with Crippen LogP contribution in [-0.2, 0) is 36.8 Å². The highest BCUT2D eigenvalue weighted by atomic mass is 32.1. The van der Waals surface area contributed by atoms with Gasteiger partial charge >= 0.3 is 0 Å². The van der Waals surface area contributed by atoms with Gasteiger partial charge in [0.2, 0.25) is 23.6 Å². The van der Waals surface area contributed by atoms with Crippen molar-refractivity contribution in [1.29, 1.82) is 0 Å². The van der Waals surface area contributed by atoms with E-state index in [1.54, 1.807) is 18.2 Å². The molecule has 1 aliphatic carbocycles. The van der Waals surface area contributed by atoms with Crippen LogP contribution in [0.25, 0.3) is 11.3 Å². The molecule has 3 N–H and O–H groups in total. The third-order valence-electron chi connectivity index (χ3n) is 10.3. The molecule has 1 saturated heterocycles. The fraction of sp³-hybridized carbons (Fsp3) is 0.341. The number of carbonyl (C=O) groups is 6. The quantitative estimate of drug-likeness (QED) is 0.122. The maximum Gasteiger partial charge on any atom is 0.264 e. The van der Waals surface area contributed by atoms with E-state index in [1.807, 2.05) is 48.2 Å². The van der Waals surface area contributed by atoms with Gasteiger partial charge in [-0.2, -0.15) is 0 Å². The Bertz CT molecular complexity index is 2270. The predicted molar refractivity (Wildman–Crippen MR) is 208 cm³/mol. The summed E-state index contributed by atoms with van der Waals surface area (Å²) in [6.45, 7) is 3.89. The Balaban J connectivity index is 0.776. The summed E-state index contributed by atoms with van der Waals surface area (Å²) < 4.78 is 11.6. The van der Waals surface area contributed by atoms with E-state index in [-0.39, 0.29) is 67.9 Å². The van der Waals surface area contributed by atoms with E-state index in [0.29, 0.717) is 29.7 Å². The number of benzene rings is 3. The molecule has 3 aromatic carbocycles. The van der Waals surface area contributed by atoms with Gasteiger partial charge in [0.1, 0.15) is 18.4 Å². The lowest BCUT2D eigenvalue weighted by Crippen LogP contribution is -2.54. The number of imide groups is 2. The van der Waals surface area contributed by atoms with E-state index in [2.05, 4.69) is 22.0 Å². The molecule has 1 aromatic heterocycles. The maximum atomic E-state index is 13.3. The van der Waals surface area contributed by atoms with E-state index >= 15 is 0 Å². The molecule has 6 amide bonds. The lowest BCUT2D eigenvalue weighted by atomic mass is 10.0. The molecule has 0 bridgehead atoms. The van der Waals surface area contributed by atoms with Crippen molar-refractivity contribution in [3.05, 3.63) is 87.8 Å². The second-order valence-electron chi connectivity index (χ2n) is 14.2. The van der Waals surface area contributed by atoms with Gasteiger partial charge in [-0.25, -0.2) is 4.98 Å². The molecule has 4 heterocycles. The average molecular weight is 777 g/mol. The molecule has 288 valence electrons. The molecular weight excluding hydrogens is 737 g/mol. The van der Waals surface area contributed by atoms with E-state index in [4.69, 9.17) is 14.5 Å². The normalized spacial score (nSPS) is 17.5. The van der Waals surface area contributed by atoms with Crippen LogP contribution in [0.3, 0.4) is 0 Å². The highest BCUT2D eigenvalue weighted by Crippen LogP contribution is 2.39. The predicted octanol–water partition coefficient (Wildman–Crippen LogP) is 4.51. The summed E-state index contributed by atoms with van der Waals surface area (Å²) >= 11 is 1.43. The van der Waals surface area contributed by atoms with Crippen LogP contribution in [0.5, 0.6) is 5.75 Å². The fourth-order valence-electron chi connectivity index (χ4n) is 7.38. The monoisotopic (exact) mass is 776 g/mol. The third-order valence-corrected chi connectivity index (χ3v) is 11.2. The van der Waals surface area contributed by atoms with Gasteiger partial charge in [0.05, 0.1) is 36.5 Å². The Hall–Kier alpha value is -5.93. The lowest BCUT2D eigenvalue weighted by molar-refractivity contribution is -0.136. The van der Waals surface area contributed by atoms with Gasteiger partial charge in [0.25, 0.3) is 11.8 Å². The number of amides is 6. The van der Waals surface area contributed by atoms with Crippen molar-refractivity contribution < 1.29 is 38.2 Å². The number of nitrogens with one attached hydrogen (secondary N) is 3. The van der Waals surface area contributed by atoms with E-state index < -0.39 is 29.7 Å². The smallest absolute Gasteiger partial charge is 0.264 e. The summed E-state index contributed by atoms with van der Waals surface area (Å²) in [5.74, 6) is -1.40. The Morgan fingerprint density at radius 3 is 2.61 bits per heavy atom. The SMILES string of the molecule is Cc1sc(NC(=O)Cc2cccc(OCCOCCNc3cccc4c3C(=O)N(C3CCC(=O)NC3=O)C4=O)c2)nc1-c1ccc2c(c1)CCN2C(=O)C1CC1. The molecule has 1 unspecified atom stereocenters. The van der Waals surface area contributed by atoms with Crippen molar-refractivity contribution in [2.75, 3.05) is 48.4 Å². The number of carbonyl (C=O) groups excluding carboxylic acids is 6. The van der Waals surface area contributed by atoms with E-state index in [9.17, 15) is 28.8 Å². The summed E-state index contributed by atoms with van der Waals surface area (Å²) in [4.78, 5) is 84.6. The van der Waals surface area contributed by atoms with Gasteiger partial charge in [-0.15, -0.1) is 11.3 Å². The van der Waals surface area contributed by atoms with Crippen LogP contribution in [0, 0.1) is 12.8 Å². The summed E-state index contributed by atoms with van der Waals surface area (Å²) in [5, 5.41) is 8.82. The number of nitrogens with zero attached hydrogens (tertiary/aromatic N) is 3. The molecule has 14 nitrogen and oxygen atoms in total. The number of piperidine rings is 1. The maximum absolute atomic E-state index is 13.3. The summed E-state index contributed by atoms with van der Waals surface area (Å²) in [6.07, 6.45) is 3.08. The van der Waals surface area contributed by atoms with Gasteiger partial charge < -0.3 is 25.0 Å². The molecule has 15 heteroatoms. The van der Waals surface area contributed by atoms with Crippen molar-refractivity contribution in [3.8, 4) is 17.0 Å². The van der Waals surface area contributed by atoms with Crippen LogP contribution >= 0.6 is 11.3 Å². The Morgan fingerprint density at radius 1 is 0.946 bits per heavy atom. The first-order valence-corrected chi connectivity index (χ1v) is 19.6. The largest absolute Gasteiger partial charge is 0.491 e. The minimum atomic E-state index is -1.03. The number of thiazole rings is 1. The molecule has 2 fully saturated rings. The molecule has 56 heavy (non-hydrogen) atoms. The van der Waals surface area contributed by atoms with Gasteiger partial charge in [0.15, 0.2) is 5.13 Å². The van der Waals surface area contributed by atoms with Crippen LogP contribution in [-0.4, -0.2) is 84.3 Å². The first-order chi connectivity index (χ1) is 27.1. The van der Waals surface area contributed by atoms with Crippen molar-refractivity contribution in [3.63, 3.8) is 0 Å². The number of fused-ring (bicyclic) bond motifs is 2. The summed E-state index contributed by atoms with van der Waals surface area (Å²) in [7, 11) is 0. The van der Waals surface area contributed by atoms with Crippen LogP contribution in [0.4, 0.5) is 16.5 Å². The first kappa shape index (κ1) is 37.0. The fourth-order valence-corrected chi connectivity index (χ4v) is 8.23. The number of hydrogen-bond acceptors (Lipinski definition) is 11. The second-order valence-corrected chi connectivity index (χ2v) is 15.4. The van der Waals surface area contributed by atoms with E-state index in [0.717, 1.165) is 57.1 Å². The molecule has 4 aromatic rings. The van der Waals surface area contributed by atoms with Crippen LogP contribution < -0.4 is 25.6 Å². The zero-order chi connectivity index (χ0) is 38.9. The number of anilines is 3. The van der Waals surface area contributed by atoms with Gasteiger partial charge in [-0.3, -0.25) is 39.0 Å². The number of aryl methyl sites for hydroxylation is 1. The molecule has 3 aliphatic heterocycles. The zero-order valence-corrected chi connectivity index (χ0v) is 31.5. The topological polar surface area (TPSA) is 176 Å².